The van der Waals surface area contributed by atoms with Crippen LogP contribution in [0.1, 0.15) is 27.4 Å². The number of carbonyl (C=O) groups is 1. The van der Waals surface area contributed by atoms with Crippen molar-refractivity contribution in [3.05, 3.63) is 64.6 Å². The predicted octanol–water partition coefficient (Wildman–Crippen LogP) is 3.46. The molecule has 0 saturated heterocycles. The van der Waals surface area contributed by atoms with Crippen molar-refractivity contribution in [2.45, 2.75) is 13.8 Å². The van der Waals surface area contributed by atoms with Crippen LogP contribution in [-0.2, 0) is 0 Å². The Labute approximate surface area is 122 Å². The molecule has 0 spiro atoms. The minimum atomic E-state index is -0.275. The Morgan fingerprint density at radius 2 is 2.00 bits per heavy atom. The number of rotatable bonds is 4. The van der Waals surface area contributed by atoms with Crippen LogP contribution in [0.15, 0.2) is 41.3 Å². The van der Waals surface area contributed by atoms with E-state index in [1.165, 1.54) is 0 Å². The van der Waals surface area contributed by atoms with E-state index in [-0.39, 0.29) is 5.91 Å². The van der Waals surface area contributed by atoms with Crippen molar-refractivity contribution in [1.29, 1.82) is 0 Å². The summed E-state index contributed by atoms with van der Waals surface area (Å²) in [6.07, 6.45) is 0. The molecule has 5 heteroatoms. The fraction of sp³-hybridized carbons (Fsp3) is 0.133. The van der Waals surface area contributed by atoms with Crippen LogP contribution in [0.25, 0.3) is 5.70 Å². The van der Waals surface area contributed by atoms with E-state index in [1.807, 2.05) is 12.1 Å². The van der Waals surface area contributed by atoms with E-state index in [4.69, 9.17) is 16.0 Å². The third-order valence-corrected chi connectivity index (χ3v) is 3.02. The molecule has 0 radical (unpaired) electrons. The number of benzene rings is 1. The van der Waals surface area contributed by atoms with Crippen LogP contribution in [0.5, 0.6) is 0 Å². The Balaban J connectivity index is 2.00. The molecule has 2 N–H and O–H groups in total. The molecule has 0 saturated carbocycles. The highest BCUT2D eigenvalue weighted by atomic mass is 35.5. The monoisotopic (exact) mass is 290 g/mol. The molecular formula is C15H15ClN2O2. The highest BCUT2D eigenvalue weighted by Gasteiger charge is 2.13. The van der Waals surface area contributed by atoms with E-state index >= 15 is 0 Å². The van der Waals surface area contributed by atoms with Gasteiger partial charge in [-0.2, -0.15) is 0 Å². The normalized spacial score (nSPS) is 10.2. The van der Waals surface area contributed by atoms with Crippen LogP contribution in [0, 0.1) is 13.8 Å². The minimum Gasteiger partial charge on any atom is -0.466 e. The molecule has 1 aromatic carbocycles. The molecule has 4 nitrogen and oxygen atoms in total. The van der Waals surface area contributed by atoms with Crippen molar-refractivity contribution in [1.82, 2.24) is 10.9 Å². The smallest absolute Gasteiger partial charge is 0.273 e. The van der Waals surface area contributed by atoms with E-state index in [0.717, 1.165) is 5.56 Å². The number of carbonyl (C=O) groups excluding carboxylic acids is 1. The van der Waals surface area contributed by atoms with Crippen molar-refractivity contribution in [3.63, 3.8) is 0 Å². The summed E-state index contributed by atoms with van der Waals surface area (Å²) in [6, 6.07) is 8.88. The summed E-state index contributed by atoms with van der Waals surface area (Å²) in [6.45, 7) is 7.39. The summed E-state index contributed by atoms with van der Waals surface area (Å²) < 4.78 is 5.31. The number of furan rings is 1. The molecule has 104 valence electrons. The Kier molecular flexibility index (Phi) is 4.15. The van der Waals surface area contributed by atoms with Gasteiger partial charge in [0.1, 0.15) is 11.5 Å². The summed E-state index contributed by atoms with van der Waals surface area (Å²) in [5.41, 5.74) is 7.20. The quantitative estimate of drug-likeness (QED) is 0.848. The van der Waals surface area contributed by atoms with Gasteiger partial charge in [0, 0.05) is 10.6 Å². The van der Waals surface area contributed by atoms with Crippen molar-refractivity contribution in [2.24, 2.45) is 0 Å². The van der Waals surface area contributed by atoms with Crippen molar-refractivity contribution in [2.75, 3.05) is 0 Å². The fourth-order valence-electron chi connectivity index (χ4n) is 1.80. The van der Waals surface area contributed by atoms with Crippen LogP contribution >= 0.6 is 11.6 Å². The first-order valence-electron chi connectivity index (χ1n) is 6.05. The summed E-state index contributed by atoms with van der Waals surface area (Å²) in [4.78, 5) is 12.0. The number of hydrogen-bond acceptors (Lipinski definition) is 3. The summed E-state index contributed by atoms with van der Waals surface area (Å²) in [7, 11) is 0. The van der Waals surface area contributed by atoms with Gasteiger partial charge in [-0.05, 0) is 32.0 Å². The van der Waals surface area contributed by atoms with Gasteiger partial charge in [0.15, 0.2) is 0 Å². The molecule has 0 fully saturated rings. The lowest BCUT2D eigenvalue weighted by Crippen LogP contribution is -2.35. The topological polar surface area (TPSA) is 54.3 Å². The first kappa shape index (κ1) is 14.2. The molecule has 0 aliphatic rings. The van der Waals surface area contributed by atoms with E-state index < -0.39 is 0 Å². The number of hydrogen-bond donors (Lipinski definition) is 2. The Morgan fingerprint density at radius 3 is 2.60 bits per heavy atom. The van der Waals surface area contributed by atoms with Crippen molar-refractivity contribution < 1.29 is 9.21 Å². The molecule has 2 rings (SSSR count). The Morgan fingerprint density at radius 1 is 1.25 bits per heavy atom. The maximum Gasteiger partial charge on any atom is 0.273 e. The average molecular weight is 291 g/mol. The molecule has 0 aliphatic heterocycles. The molecular weight excluding hydrogens is 276 g/mol. The molecule has 2 aromatic rings. The highest BCUT2D eigenvalue weighted by molar-refractivity contribution is 6.30. The zero-order valence-electron chi connectivity index (χ0n) is 11.3. The van der Waals surface area contributed by atoms with Crippen LogP contribution < -0.4 is 10.9 Å². The zero-order valence-corrected chi connectivity index (χ0v) is 12.0. The number of amides is 1. The first-order valence-corrected chi connectivity index (χ1v) is 6.43. The minimum absolute atomic E-state index is 0.275. The lowest BCUT2D eigenvalue weighted by molar-refractivity contribution is 0.0941. The van der Waals surface area contributed by atoms with Crippen LogP contribution in [0.3, 0.4) is 0 Å². The van der Waals surface area contributed by atoms with Crippen LogP contribution in [-0.4, -0.2) is 5.91 Å². The molecule has 0 atom stereocenters. The maximum atomic E-state index is 12.0. The summed E-state index contributed by atoms with van der Waals surface area (Å²) >= 11 is 5.90. The van der Waals surface area contributed by atoms with Crippen LogP contribution in [0.4, 0.5) is 0 Å². The zero-order chi connectivity index (χ0) is 14.7. The molecule has 0 unspecified atom stereocenters. The molecule has 20 heavy (non-hydrogen) atoms. The third kappa shape index (κ3) is 3.22. The van der Waals surface area contributed by atoms with E-state index in [1.54, 1.807) is 32.0 Å². The number of nitrogens with one attached hydrogen (secondary N) is 2. The molecule has 0 bridgehead atoms. The van der Waals surface area contributed by atoms with E-state index in [9.17, 15) is 4.79 Å². The predicted molar refractivity (Wildman–Crippen MR) is 79.3 cm³/mol. The highest BCUT2D eigenvalue weighted by Crippen LogP contribution is 2.16. The summed E-state index contributed by atoms with van der Waals surface area (Å²) in [5.74, 6) is 0.999. The van der Waals surface area contributed by atoms with Crippen molar-refractivity contribution >= 4 is 23.2 Å². The number of hydrazine groups is 1. The van der Waals surface area contributed by atoms with Gasteiger partial charge in [-0.25, -0.2) is 0 Å². The second kappa shape index (κ2) is 5.84. The van der Waals surface area contributed by atoms with Gasteiger partial charge in [-0.3, -0.25) is 15.6 Å². The van der Waals surface area contributed by atoms with Crippen LogP contribution in [0.2, 0.25) is 5.02 Å². The van der Waals surface area contributed by atoms with Crippen molar-refractivity contribution in [3.8, 4) is 0 Å². The Bertz CT molecular complexity index is 662. The SMILES string of the molecule is C=C(NNC(=O)c1cc(C)oc1C)c1cccc(Cl)c1. The van der Waals surface area contributed by atoms with Gasteiger partial charge in [-0.1, -0.05) is 30.3 Å². The lowest BCUT2D eigenvalue weighted by atomic mass is 10.2. The van der Waals surface area contributed by atoms with E-state index in [2.05, 4.69) is 17.4 Å². The second-order valence-corrected chi connectivity index (χ2v) is 4.83. The van der Waals surface area contributed by atoms with Gasteiger partial charge >= 0.3 is 0 Å². The van der Waals surface area contributed by atoms with Gasteiger partial charge in [0.25, 0.3) is 5.91 Å². The third-order valence-electron chi connectivity index (χ3n) is 2.79. The van der Waals surface area contributed by atoms with Gasteiger partial charge < -0.3 is 4.42 Å². The molecule has 1 amide bonds. The molecule has 1 aromatic heterocycles. The standard InChI is InChI=1S/C15H15ClN2O2/c1-9-7-14(11(3)20-9)15(19)18-17-10(2)12-5-4-6-13(16)8-12/h4-8,17H,2H2,1,3H3,(H,18,19). The second-order valence-electron chi connectivity index (χ2n) is 4.39. The number of aryl methyl sites for hydroxylation is 2. The fourth-order valence-corrected chi connectivity index (χ4v) is 1.99. The van der Waals surface area contributed by atoms with Gasteiger partial charge in [-0.15, -0.1) is 0 Å². The Hall–Kier alpha value is -2.20. The molecule has 0 aliphatic carbocycles. The largest absolute Gasteiger partial charge is 0.466 e. The maximum absolute atomic E-state index is 12.0. The van der Waals surface area contributed by atoms with Gasteiger partial charge in [0.2, 0.25) is 0 Å². The molecule has 1 heterocycles. The average Bonchev–Trinajstić information content (AvgIpc) is 2.74. The van der Waals surface area contributed by atoms with Gasteiger partial charge in [0.05, 0.1) is 11.3 Å². The number of halogens is 1. The first-order chi connectivity index (χ1) is 9.47. The van der Waals surface area contributed by atoms with E-state index in [0.29, 0.717) is 27.8 Å². The lowest BCUT2D eigenvalue weighted by Gasteiger charge is -2.11. The summed E-state index contributed by atoms with van der Waals surface area (Å²) in [5, 5.41) is 0.609.